The molecule has 1 aromatic carbocycles. The summed E-state index contributed by atoms with van der Waals surface area (Å²) in [4.78, 5) is 0. The maximum atomic E-state index is 11.7. The minimum Gasteiger partial charge on any atom is -0.396 e. The SMILES string of the molecule is Cc1ccc(NS(=O)(=O)CC(C)CO)cc1C. The first-order chi connectivity index (χ1) is 7.84. The molecule has 1 atom stereocenters. The average Bonchev–Trinajstić information content (AvgIpc) is 2.22. The molecule has 0 bridgehead atoms. The molecule has 1 rings (SSSR count). The number of hydrogen-bond acceptors (Lipinski definition) is 3. The van der Waals surface area contributed by atoms with Crippen LogP contribution in [-0.4, -0.2) is 25.9 Å². The van der Waals surface area contributed by atoms with Gasteiger partial charge in [0.15, 0.2) is 0 Å². The van der Waals surface area contributed by atoms with Gasteiger partial charge in [0.25, 0.3) is 0 Å². The molecule has 0 aliphatic carbocycles. The van der Waals surface area contributed by atoms with Crippen LogP contribution in [0.25, 0.3) is 0 Å². The van der Waals surface area contributed by atoms with Gasteiger partial charge in [-0.3, -0.25) is 4.72 Å². The molecule has 17 heavy (non-hydrogen) atoms. The predicted molar refractivity (Wildman–Crippen MR) is 69.6 cm³/mol. The highest BCUT2D eigenvalue weighted by atomic mass is 32.2. The number of benzene rings is 1. The van der Waals surface area contributed by atoms with Gasteiger partial charge in [0, 0.05) is 12.3 Å². The van der Waals surface area contributed by atoms with E-state index in [0.717, 1.165) is 11.1 Å². The number of anilines is 1. The number of aryl methyl sites for hydroxylation is 2. The molecule has 4 nitrogen and oxygen atoms in total. The second-order valence-electron chi connectivity index (χ2n) is 4.47. The molecular weight excluding hydrogens is 238 g/mol. The molecule has 0 aliphatic rings. The van der Waals surface area contributed by atoms with Crippen LogP contribution >= 0.6 is 0 Å². The van der Waals surface area contributed by atoms with E-state index in [4.69, 9.17) is 5.11 Å². The first-order valence-corrected chi connectivity index (χ1v) is 7.18. The highest BCUT2D eigenvalue weighted by Gasteiger charge is 2.15. The maximum absolute atomic E-state index is 11.7. The monoisotopic (exact) mass is 257 g/mol. The summed E-state index contributed by atoms with van der Waals surface area (Å²) in [5.41, 5.74) is 2.73. The summed E-state index contributed by atoms with van der Waals surface area (Å²) in [5, 5.41) is 8.85. The molecule has 0 fully saturated rings. The fraction of sp³-hybridized carbons (Fsp3) is 0.500. The van der Waals surface area contributed by atoms with Crippen molar-refractivity contribution in [3.8, 4) is 0 Å². The van der Waals surface area contributed by atoms with Gasteiger partial charge in [-0.05, 0) is 43.0 Å². The van der Waals surface area contributed by atoms with Gasteiger partial charge in [-0.15, -0.1) is 0 Å². The number of hydrogen-bond donors (Lipinski definition) is 2. The first-order valence-electron chi connectivity index (χ1n) is 5.52. The lowest BCUT2D eigenvalue weighted by atomic mass is 10.1. The van der Waals surface area contributed by atoms with Crippen LogP contribution in [0.1, 0.15) is 18.1 Å². The van der Waals surface area contributed by atoms with E-state index in [1.54, 1.807) is 19.1 Å². The highest BCUT2D eigenvalue weighted by molar-refractivity contribution is 7.92. The van der Waals surface area contributed by atoms with E-state index in [0.29, 0.717) is 5.69 Å². The molecule has 0 saturated heterocycles. The fourth-order valence-electron chi connectivity index (χ4n) is 1.45. The molecule has 0 aliphatic heterocycles. The van der Waals surface area contributed by atoms with Crippen LogP contribution in [0.2, 0.25) is 0 Å². The summed E-state index contributed by atoms with van der Waals surface area (Å²) in [5.74, 6) is -0.338. The van der Waals surface area contributed by atoms with Crippen molar-refractivity contribution < 1.29 is 13.5 Å². The Morgan fingerprint density at radius 2 is 1.94 bits per heavy atom. The van der Waals surface area contributed by atoms with Crippen LogP contribution < -0.4 is 4.72 Å². The van der Waals surface area contributed by atoms with E-state index < -0.39 is 10.0 Å². The van der Waals surface area contributed by atoms with Crippen LogP contribution in [0.3, 0.4) is 0 Å². The summed E-state index contributed by atoms with van der Waals surface area (Å²) in [6, 6.07) is 5.42. The molecule has 0 aromatic heterocycles. The van der Waals surface area contributed by atoms with Gasteiger partial charge in [0.1, 0.15) is 0 Å². The molecule has 0 amide bonds. The van der Waals surface area contributed by atoms with E-state index in [9.17, 15) is 8.42 Å². The maximum Gasteiger partial charge on any atom is 0.233 e. The zero-order valence-corrected chi connectivity index (χ0v) is 11.2. The van der Waals surface area contributed by atoms with Gasteiger partial charge in [0.2, 0.25) is 10.0 Å². The number of nitrogens with one attached hydrogen (secondary N) is 1. The van der Waals surface area contributed by atoms with Gasteiger partial charge in [0.05, 0.1) is 5.75 Å². The average molecular weight is 257 g/mol. The van der Waals surface area contributed by atoms with Crippen molar-refractivity contribution in [2.75, 3.05) is 17.1 Å². The van der Waals surface area contributed by atoms with E-state index in [1.807, 2.05) is 19.9 Å². The lowest BCUT2D eigenvalue weighted by Crippen LogP contribution is -2.23. The topological polar surface area (TPSA) is 66.4 Å². The molecule has 96 valence electrons. The van der Waals surface area contributed by atoms with Crippen molar-refractivity contribution in [1.29, 1.82) is 0 Å². The molecule has 0 spiro atoms. The Kier molecular flexibility index (Phi) is 4.54. The Bertz CT molecular complexity index is 483. The van der Waals surface area contributed by atoms with Crippen molar-refractivity contribution in [2.45, 2.75) is 20.8 Å². The molecule has 2 N–H and O–H groups in total. The summed E-state index contributed by atoms with van der Waals surface area (Å²) >= 11 is 0. The van der Waals surface area contributed by atoms with Crippen molar-refractivity contribution in [3.05, 3.63) is 29.3 Å². The van der Waals surface area contributed by atoms with Crippen LogP contribution in [0.15, 0.2) is 18.2 Å². The molecule has 0 heterocycles. The zero-order chi connectivity index (χ0) is 13.1. The summed E-state index contributed by atoms with van der Waals surface area (Å²) in [7, 11) is -3.39. The van der Waals surface area contributed by atoms with Gasteiger partial charge in [-0.25, -0.2) is 8.42 Å². The van der Waals surface area contributed by atoms with Crippen LogP contribution in [0.5, 0.6) is 0 Å². The molecule has 0 radical (unpaired) electrons. The minimum absolute atomic E-state index is 0.0730. The molecule has 0 saturated carbocycles. The van der Waals surface area contributed by atoms with Gasteiger partial charge < -0.3 is 5.11 Å². The summed E-state index contributed by atoms with van der Waals surface area (Å²) in [6.45, 7) is 5.47. The third kappa shape index (κ3) is 4.36. The van der Waals surface area contributed by atoms with E-state index in [1.165, 1.54) is 0 Å². The Morgan fingerprint density at radius 3 is 2.47 bits per heavy atom. The number of sulfonamides is 1. The lowest BCUT2D eigenvalue weighted by molar-refractivity contribution is 0.249. The Morgan fingerprint density at radius 1 is 1.29 bits per heavy atom. The summed E-state index contributed by atoms with van der Waals surface area (Å²) in [6.07, 6.45) is 0. The number of rotatable bonds is 5. The van der Waals surface area contributed by atoms with E-state index in [2.05, 4.69) is 4.72 Å². The second-order valence-corrected chi connectivity index (χ2v) is 6.24. The van der Waals surface area contributed by atoms with Crippen LogP contribution in [0.4, 0.5) is 5.69 Å². The Hall–Kier alpha value is -1.07. The van der Waals surface area contributed by atoms with Crippen molar-refractivity contribution in [2.24, 2.45) is 5.92 Å². The molecule has 5 heteroatoms. The first kappa shape index (κ1) is 14.0. The fourth-order valence-corrected chi connectivity index (χ4v) is 2.88. The smallest absolute Gasteiger partial charge is 0.233 e. The second kappa shape index (κ2) is 5.51. The minimum atomic E-state index is -3.39. The molecule has 1 unspecified atom stereocenters. The molecule has 1 aromatic rings. The quantitative estimate of drug-likeness (QED) is 0.843. The molecular formula is C12H19NO3S. The number of aliphatic hydroxyl groups excluding tert-OH is 1. The van der Waals surface area contributed by atoms with Crippen molar-refractivity contribution in [1.82, 2.24) is 0 Å². The number of aliphatic hydroxyl groups is 1. The predicted octanol–water partition coefficient (Wildman–Crippen LogP) is 1.67. The van der Waals surface area contributed by atoms with Gasteiger partial charge in [-0.2, -0.15) is 0 Å². The third-order valence-corrected chi connectivity index (χ3v) is 4.15. The van der Waals surface area contributed by atoms with Gasteiger partial charge in [-0.1, -0.05) is 13.0 Å². The van der Waals surface area contributed by atoms with E-state index >= 15 is 0 Å². The van der Waals surface area contributed by atoms with Crippen molar-refractivity contribution >= 4 is 15.7 Å². The van der Waals surface area contributed by atoms with E-state index in [-0.39, 0.29) is 18.3 Å². The van der Waals surface area contributed by atoms with Crippen LogP contribution in [0, 0.1) is 19.8 Å². The zero-order valence-electron chi connectivity index (χ0n) is 10.4. The lowest BCUT2D eigenvalue weighted by Gasteiger charge is -2.12. The van der Waals surface area contributed by atoms with Gasteiger partial charge >= 0.3 is 0 Å². The Balaban J connectivity index is 2.80. The Labute approximate surface area is 103 Å². The highest BCUT2D eigenvalue weighted by Crippen LogP contribution is 2.16. The standard InChI is InChI=1S/C12H19NO3S/c1-9(7-14)8-17(15,16)13-12-5-4-10(2)11(3)6-12/h4-6,9,13-14H,7-8H2,1-3H3. The normalized spacial score (nSPS) is 13.4. The largest absolute Gasteiger partial charge is 0.396 e. The third-order valence-electron chi connectivity index (χ3n) is 2.60. The van der Waals surface area contributed by atoms with Crippen molar-refractivity contribution in [3.63, 3.8) is 0 Å². The summed E-state index contributed by atoms with van der Waals surface area (Å²) < 4.78 is 26.0. The van der Waals surface area contributed by atoms with Crippen LogP contribution in [-0.2, 0) is 10.0 Å².